The lowest BCUT2D eigenvalue weighted by atomic mass is 10.0. The standard InChI is InChI=1S/C22H26N4O2/c1-15(2)21(26-20(27)14-16-8-4-3-5-9-16)22(28)23-13-12-19-24-17-10-6-7-11-18(17)25-19/h3-11,15,21H,12-14H2,1-2H3,(H,23,28)(H,24,25)(H,26,27). The molecule has 3 aromatic rings. The zero-order valence-corrected chi connectivity index (χ0v) is 16.2. The molecule has 0 bridgehead atoms. The van der Waals surface area contributed by atoms with Gasteiger partial charge in [-0.25, -0.2) is 4.98 Å². The van der Waals surface area contributed by atoms with Crippen molar-refractivity contribution in [2.45, 2.75) is 32.7 Å². The summed E-state index contributed by atoms with van der Waals surface area (Å²) in [6.45, 7) is 4.30. The van der Waals surface area contributed by atoms with Crippen molar-refractivity contribution in [3.63, 3.8) is 0 Å². The van der Waals surface area contributed by atoms with Gasteiger partial charge in [-0.1, -0.05) is 56.3 Å². The molecule has 28 heavy (non-hydrogen) atoms. The number of aromatic nitrogens is 2. The summed E-state index contributed by atoms with van der Waals surface area (Å²) >= 11 is 0. The molecular weight excluding hydrogens is 352 g/mol. The Morgan fingerprint density at radius 2 is 1.75 bits per heavy atom. The smallest absolute Gasteiger partial charge is 0.242 e. The van der Waals surface area contributed by atoms with Gasteiger partial charge in [0.1, 0.15) is 11.9 Å². The number of para-hydroxylation sites is 2. The highest BCUT2D eigenvalue weighted by Crippen LogP contribution is 2.10. The predicted octanol–water partition coefficient (Wildman–Crippen LogP) is 2.61. The molecule has 0 aliphatic carbocycles. The lowest BCUT2D eigenvalue weighted by molar-refractivity contribution is -0.129. The first kappa shape index (κ1) is 19.6. The maximum absolute atomic E-state index is 12.6. The number of nitrogens with one attached hydrogen (secondary N) is 3. The number of rotatable bonds is 8. The number of hydrogen-bond donors (Lipinski definition) is 3. The lowest BCUT2D eigenvalue weighted by Crippen LogP contribution is -2.50. The van der Waals surface area contributed by atoms with Gasteiger partial charge in [-0.3, -0.25) is 9.59 Å². The second-order valence-electron chi connectivity index (χ2n) is 7.19. The zero-order chi connectivity index (χ0) is 19.9. The molecule has 6 heteroatoms. The molecule has 0 aliphatic heterocycles. The number of imidazole rings is 1. The summed E-state index contributed by atoms with van der Waals surface area (Å²) < 4.78 is 0. The van der Waals surface area contributed by atoms with E-state index in [-0.39, 0.29) is 24.2 Å². The third-order valence-corrected chi connectivity index (χ3v) is 4.57. The minimum atomic E-state index is -0.563. The maximum Gasteiger partial charge on any atom is 0.242 e. The van der Waals surface area contributed by atoms with Crippen LogP contribution in [0.2, 0.25) is 0 Å². The van der Waals surface area contributed by atoms with Crippen molar-refractivity contribution in [3.05, 3.63) is 66.0 Å². The van der Waals surface area contributed by atoms with Crippen molar-refractivity contribution in [1.29, 1.82) is 0 Å². The molecule has 2 amide bonds. The molecule has 0 aliphatic rings. The van der Waals surface area contributed by atoms with Crippen LogP contribution in [0.4, 0.5) is 0 Å². The summed E-state index contributed by atoms with van der Waals surface area (Å²) in [6.07, 6.45) is 0.861. The molecule has 1 atom stereocenters. The van der Waals surface area contributed by atoms with Crippen molar-refractivity contribution in [2.75, 3.05) is 6.54 Å². The van der Waals surface area contributed by atoms with Gasteiger partial charge < -0.3 is 15.6 Å². The first-order valence-electron chi connectivity index (χ1n) is 9.57. The summed E-state index contributed by atoms with van der Waals surface area (Å²) in [4.78, 5) is 32.7. The average molecular weight is 378 g/mol. The molecule has 0 fully saturated rings. The molecule has 146 valence electrons. The monoisotopic (exact) mass is 378 g/mol. The molecule has 1 unspecified atom stereocenters. The molecule has 1 aromatic heterocycles. The number of fused-ring (bicyclic) bond motifs is 1. The van der Waals surface area contributed by atoms with Gasteiger partial charge in [-0.05, 0) is 23.6 Å². The highest BCUT2D eigenvalue weighted by atomic mass is 16.2. The molecular formula is C22H26N4O2. The summed E-state index contributed by atoms with van der Waals surface area (Å²) in [5.74, 6) is 0.492. The highest BCUT2D eigenvalue weighted by Gasteiger charge is 2.23. The minimum absolute atomic E-state index is 0.00840. The van der Waals surface area contributed by atoms with E-state index >= 15 is 0 Å². The summed E-state index contributed by atoms with van der Waals surface area (Å²) in [5.41, 5.74) is 2.82. The van der Waals surface area contributed by atoms with E-state index in [4.69, 9.17) is 0 Å². The van der Waals surface area contributed by atoms with Gasteiger partial charge in [-0.2, -0.15) is 0 Å². The Bertz CT molecular complexity index is 901. The maximum atomic E-state index is 12.6. The van der Waals surface area contributed by atoms with Crippen LogP contribution in [0.1, 0.15) is 25.2 Å². The van der Waals surface area contributed by atoms with E-state index in [9.17, 15) is 9.59 Å². The normalized spacial score (nSPS) is 12.1. The Labute approximate surface area is 164 Å². The van der Waals surface area contributed by atoms with Gasteiger partial charge in [0.25, 0.3) is 0 Å². The number of amides is 2. The molecule has 2 aromatic carbocycles. The molecule has 0 saturated carbocycles. The van der Waals surface area contributed by atoms with Crippen LogP contribution in [-0.4, -0.2) is 34.4 Å². The van der Waals surface area contributed by atoms with Crippen LogP contribution in [-0.2, 0) is 22.4 Å². The van der Waals surface area contributed by atoms with E-state index in [1.165, 1.54) is 0 Å². The Morgan fingerprint density at radius 1 is 1.04 bits per heavy atom. The Hall–Kier alpha value is -3.15. The van der Waals surface area contributed by atoms with Gasteiger partial charge in [-0.15, -0.1) is 0 Å². The third kappa shape index (κ3) is 5.19. The largest absolute Gasteiger partial charge is 0.354 e. The van der Waals surface area contributed by atoms with E-state index in [1.54, 1.807) is 0 Å². The Morgan fingerprint density at radius 3 is 2.46 bits per heavy atom. The van der Waals surface area contributed by atoms with Crippen LogP contribution in [0.3, 0.4) is 0 Å². The number of H-pyrrole nitrogens is 1. The molecule has 3 rings (SSSR count). The fraction of sp³-hybridized carbons (Fsp3) is 0.318. The Kier molecular flexibility index (Phi) is 6.42. The second-order valence-corrected chi connectivity index (χ2v) is 7.19. The fourth-order valence-electron chi connectivity index (χ4n) is 3.08. The molecule has 3 N–H and O–H groups in total. The number of carbonyl (C=O) groups excluding carboxylic acids is 2. The zero-order valence-electron chi connectivity index (χ0n) is 16.2. The van der Waals surface area contributed by atoms with Crippen molar-refractivity contribution >= 4 is 22.8 Å². The Balaban J connectivity index is 1.51. The van der Waals surface area contributed by atoms with E-state index in [1.807, 2.05) is 68.4 Å². The van der Waals surface area contributed by atoms with Crippen LogP contribution in [0.25, 0.3) is 11.0 Å². The molecule has 0 spiro atoms. The first-order valence-corrected chi connectivity index (χ1v) is 9.57. The fourth-order valence-corrected chi connectivity index (χ4v) is 3.08. The van der Waals surface area contributed by atoms with Crippen LogP contribution < -0.4 is 10.6 Å². The minimum Gasteiger partial charge on any atom is -0.354 e. The summed E-state index contributed by atoms with van der Waals surface area (Å²) in [5, 5.41) is 5.77. The van der Waals surface area contributed by atoms with Gasteiger partial charge >= 0.3 is 0 Å². The summed E-state index contributed by atoms with van der Waals surface area (Å²) in [7, 11) is 0. The number of carbonyl (C=O) groups is 2. The first-order chi connectivity index (χ1) is 13.5. The van der Waals surface area contributed by atoms with Gasteiger partial charge in [0.05, 0.1) is 17.5 Å². The van der Waals surface area contributed by atoms with Gasteiger partial charge in [0, 0.05) is 13.0 Å². The van der Waals surface area contributed by atoms with Crippen LogP contribution in [0.15, 0.2) is 54.6 Å². The van der Waals surface area contributed by atoms with Crippen molar-refractivity contribution in [2.24, 2.45) is 5.92 Å². The van der Waals surface area contributed by atoms with E-state index < -0.39 is 6.04 Å². The van der Waals surface area contributed by atoms with Crippen LogP contribution >= 0.6 is 0 Å². The SMILES string of the molecule is CC(C)C(NC(=O)Cc1ccccc1)C(=O)NCCc1nc2ccccc2[nH]1. The topological polar surface area (TPSA) is 86.9 Å². The molecule has 0 radical (unpaired) electrons. The highest BCUT2D eigenvalue weighted by molar-refractivity contribution is 5.88. The molecule has 6 nitrogen and oxygen atoms in total. The van der Waals surface area contributed by atoms with E-state index in [2.05, 4.69) is 20.6 Å². The van der Waals surface area contributed by atoms with E-state index in [0.717, 1.165) is 22.4 Å². The number of hydrogen-bond acceptors (Lipinski definition) is 3. The van der Waals surface area contributed by atoms with Crippen LogP contribution in [0.5, 0.6) is 0 Å². The molecule has 0 saturated heterocycles. The number of benzene rings is 2. The third-order valence-electron chi connectivity index (χ3n) is 4.57. The average Bonchev–Trinajstić information content (AvgIpc) is 3.09. The second kappa shape index (κ2) is 9.17. The van der Waals surface area contributed by atoms with Gasteiger partial charge in [0.15, 0.2) is 0 Å². The van der Waals surface area contributed by atoms with E-state index in [0.29, 0.717) is 13.0 Å². The number of nitrogens with zero attached hydrogens (tertiary/aromatic N) is 1. The van der Waals surface area contributed by atoms with Crippen LogP contribution in [0, 0.1) is 5.92 Å². The van der Waals surface area contributed by atoms with Crippen molar-refractivity contribution in [3.8, 4) is 0 Å². The predicted molar refractivity (Wildman–Crippen MR) is 110 cm³/mol. The quantitative estimate of drug-likeness (QED) is 0.563. The lowest BCUT2D eigenvalue weighted by Gasteiger charge is -2.21. The number of aromatic amines is 1. The van der Waals surface area contributed by atoms with Crippen molar-refractivity contribution < 1.29 is 9.59 Å². The van der Waals surface area contributed by atoms with Crippen molar-refractivity contribution in [1.82, 2.24) is 20.6 Å². The molecule has 1 heterocycles. The van der Waals surface area contributed by atoms with Gasteiger partial charge in [0.2, 0.25) is 11.8 Å². The summed E-state index contributed by atoms with van der Waals surface area (Å²) in [6, 6.07) is 16.8.